The van der Waals surface area contributed by atoms with Crippen molar-refractivity contribution in [3.63, 3.8) is 0 Å². The average molecular weight is 302 g/mol. The van der Waals surface area contributed by atoms with E-state index in [0.717, 1.165) is 16.2 Å². The summed E-state index contributed by atoms with van der Waals surface area (Å²) in [7, 11) is 1.40. The Kier molecular flexibility index (Phi) is 6.02. The van der Waals surface area contributed by atoms with Crippen LogP contribution in [0.25, 0.3) is 0 Å². The van der Waals surface area contributed by atoms with Gasteiger partial charge in [-0.15, -0.1) is 0 Å². The van der Waals surface area contributed by atoms with Crippen molar-refractivity contribution in [1.82, 2.24) is 4.90 Å². The summed E-state index contributed by atoms with van der Waals surface area (Å²) >= 11 is 0. The molecule has 0 heterocycles. The van der Waals surface area contributed by atoms with E-state index in [1.54, 1.807) is 0 Å². The van der Waals surface area contributed by atoms with Gasteiger partial charge in [-0.05, 0) is 44.2 Å². The maximum atomic E-state index is 12.1. The second-order valence-corrected chi connectivity index (χ2v) is 5.04. The number of hydrogen-bond donors (Lipinski definition) is 2. The lowest BCUT2D eigenvalue weighted by atomic mass is 10.1. The summed E-state index contributed by atoms with van der Waals surface area (Å²) in [5.41, 5.74) is 8.81. The highest BCUT2D eigenvalue weighted by molar-refractivity contribution is 5.92. The minimum absolute atomic E-state index is 0.189. The Balaban J connectivity index is 2.44. The molecule has 0 bridgehead atoms. The van der Waals surface area contributed by atoms with Gasteiger partial charge in [0.05, 0.1) is 13.1 Å². The maximum Gasteiger partial charge on any atom is 0.401 e. The van der Waals surface area contributed by atoms with Gasteiger partial charge in [-0.2, -0.15) is 13.2 Å². The number of nitrogens with zero attached hydrogens (tertiary/aromatic N) is 2. The fourth-order valence-corrected chi connectivity index (χ4v) is 1.73. The fourth-order valence-electron chi connectivity index (χ4n) is 1.73. The van der Waals surface area contributed by atoms with Gasteiger partial charge in [0.2, 0.25) is 0 Å². The van der Waals surface area contributed by atoms with E-state index in [9.17, 15) is 13.2 Å². The minimum atomic E-state index is -4.19. The number of alkyl halides is 3. The Labute approximate surface area is 122 Å². The molecule has 0 fully saturated rings. The molecule has 0 amide bonds. The van der Waals surface area contributed by atoms with Crippen LogP contribution in [0.3, 0.4) is 0 Å². The summed E-state index contributed by atoms with van der Waals surface area (Å²) in [5, 5.41) is 2.92. The van der Waals surface area contributed by atoms with Crippen molar-refractivity contribution in [3.8, 4) is 0 Å². The predicted octanol–water partition coefficient (Wildman–Crippen LogP) is 2.52. The first kappa shape index (κ1) is 17.3. The van der Waals surface area contributed by atoms with Crippen molar-refractivity contribution in [2.24, 2.45) is 10.7 Å². The summed E-state index contributed by atoms with van der Waals surface area (Å²) in [6.07, 6.45) is -4.19. The van der Waals surface area contributed by atoms with Crippen LogP contribution in [0.5, 0.6) is 0 Å². The number of likely N-dealkylation sites (N-methyl/N-ethyl adjacent to an activating group) is 1. The van der Waals surface area contributed by atoms with Gasteiger partial charge < -0.3 is 11.1 Å². The normalized spacial score (nSPS) is 12.8. The zero-order chi connectivity index (χ0) is 16.0. The van der Waals surface area contributed by atoms with Gasteiger partial charge in [0.1, 0.15) is 0 Å². The van der Waals surface area contributed by atoms with Crippen LogP contribution < -0.4 is 11.1 Å². The van der Waals surface area contributed by atoms with Crippen molar-refractivity contribution in [2.75, 3.05) is 32.0 Å². The summed E-state index contributed by atoms with van der Waals surface area (Å²) in [5.74, 6) is 0.193. The van der Waals surface area contributed by atoms with E-state index in [0.29, 0.717) is 0 Å². The molecule has 0 aromatic heterocycles. The quantitative estimate of drug-likeness (QED) is 0.649. The molecule has 0 unspecified atom stereocenters. The van der Waals surface area contributed by atoms with Crippen LogP contribution >= 0.6 is 0 Å². The number of aryl methyl sites for hydroxylation is 2. The molecule has 118 valence electrons. The first-order chi connectivity index (χ1) is 9.67. The number of anilines is 1. The van der Waals surface area contributed by atoms with Gasteiger partial charge >= 0.3 is 6.18 Å². The Hall–Kier alpha value is -1.76. The highest BCUT2D eigenvalue weighted by atomic mass is 19.4. The molecule has 3 N–H and O–H groups in total. The second kappa shape index (κ2) is 7.31. The molecule has 0 aliphatic carbocycles. The zero-order valence-electron chi connectivity index (χ0n) is 12.5. The van der Waals surface area contributed by atoms with Crippen LogP contribution in [-0.4, -0.2) is 43.7 Å². The highest BCUT2D eigenvalue weighted by Crippen LogP contribution is 2.15. The molecule has 4 nitrogen and oxygen atoms in total. The smallest absolute Gasteiger partial charge is 0.370 e. The molecule has 1 rings (SSSR count). The number of nitrogens with two attached hydrogens (primary N) is 1. The third kappa shape index (κ3) is 6.99. The van der Waals surface area contributed by atoms with Crippen molar-refractivity contribution < 1.29 is 13.2 Å². The zero-order valence-corrected chi connectivity index (χ0v) is 12.5. The standard InChI is InChI=1S/C14H21F3N4/c1-10-4-5-12(8-11(10)2)20-13(18)19-6-7-21(3)9-14(15,16)17/h4-5,8H,6-7,9H2,1-3H3,(H3,18,19,20). The second-order valence-electron chi connectivity index (χ2n) is 5.04. The van der Waals surface area contributed by atoms with Gasteiger partial charge in [-0.1, -0.05) is 6.07 Å². The van der Waals surface area contributed by atoms with E-state index in [-0.39, 0.29) is 19.0 Å². The van der Waals surface area contributed by atoms with Gasteiger partial charge in [-0.3, -0.25) is 9.89 Å². The number of rotatable bonds is 5. The van der Waals surface area contributed by atoms with E-state index >= 15 is 0 Å². The number of aliphatic imine (C=N–C) groups is 1. The Bertz CT molecular complexity index is 497. The summed E-state index contributed by atoms with van der Waals surface area (Å²) in [6.45, 7) is 3.44. The third-order valence-corrected chi connectivity index (χ3v) is 2.99. The van der Waals surface area contributed by atoms with Crippen molar-refractivity contribution in [3.05, 3.63) is 29.3 Å². The number of nitrogens with one attached hydrogen (secondary N) is 1. The van der Waals surface area contributed by atoms with E-state index in [2.05, 4.69) is 10.3 Å². The molecule has 0 atom stereocenters. The van der Waals surface area contributed by atoms with Crippen molar-refractivity contribution in [1.29, 1.82) is 0 Å². The number of halogens is 3. The van der Waals surface area contributed by atoms with Gasteiger partial charge in [0.15, 0.2) is 5.96 Å². The lowest BCUT2D eigenvalue weighted by Gasteiger charge is -2.17. The number of hydrogen-bond acceptors (Lipinski definition) is 2. The van der Waals surface area contributed by atoms with E-state index in [4.69, 9.17) is 5.73 Å². The molecule has 0 aliphatic rings. The summed E-state index contributed by atoms with van der Waals surface area (Å²) in [6, 6.07) is 5.77. The van der Waals surface area contributed by atoms with Gasteiger partial charge in [-0.25, -0.2) is 0 Å². The predicted molar refractivity (Wildman–Crippen MR) is 79.6 cm³/mol. The molecule has 1 aromatic rings. The van der Waals surface area contributed by atoms with Gasteiger partial charge in [0, 0.05) is 12.2 Å². The van der Waals surface area contributed by atoms with Crippen molar-refractivity contribution >= 4 is 11.6 Å². The molecule has 21 heavy (non-hydrogen) atoms. The summed E-state index contributed by atoms with van der Waals surface area (Å²) in [4.78, 5) is 5.18. The van der Waals surface area contributed by atoms with E-state index < -0.39 is 12.7 Å². The SMILES string of the molecule is Cc1ccc(NC(N)=NCCN(C)CC(F)(F)F)cc1C. The monoisotopic (exact) mass is 302 g/mol. The molecule has 0 saturated heterocycles. The largest absolute Gasteiger partial charge is 0.401 e. The minimum Gasteiger partial charge on any atom is -0.370 e. The van der Waals surface area contributed by atoms with E-state index in [1.807, 2.05) is 32.0 Å². The highest BCUT2D eigenvalue weighted by Gasteiger charge is 2.28. The van der Waals surface area contributed by atoms with Crippen LogP contribution in [0.1, 0.15) is 11.1 Å². The topological polar surface area (TPSA) is 53.6 Å². The first-order valence-corrected chi connectivity index (χ1v) is 6.57. The van der Waals surface area contributed by atoms with Crippen LogP contribution in [0.4, 0.5) is 18.9 Å². The van der Waals surface area contributed by atoms with Crippen LogP contribution in [-0.2, 0) is 0 Å². The Morgan fingerprint density at radius 2 is 1.95 bits per heavy atom. The maximum absolute atomic E-state index is 12.1. The molecule has 0 saturated carbocycles. The number of benzene rings is 1. The molecular formula is C14H21F3N4. The average Bonchev–Trinajstić information content (AvgIpc) is 2.31. The lowest BCUT2D eigenvalue weighted by molar-refractivity contribution is -0.142. The fraction of sp³-hybridized carbons (Fsp3) is 0.500. The first-order valence-electron chi connectivity index (χ1n) is 6.57. The molecular weight excluding hydrogens is 281 g/mol. The lowest BCUT2D eigenvalue weighted by Crippen LogP contribution is -2.33. The number of guanidine groups is 1. The molecule has 7 heteroatoms. The van der Waals surface area contributed by atoms with Crippen LogP contribution in [0.2, 0.25) is 0 Å². The Morgan fingerprint density at radius 3 is 2.52 bits per heavy atom. The third-order valence-electron chi connectivity index (χ3n) is 2.99. The molecule has 0 aliphatic heterocycles. The molecule has 0 radical (unpaired) electrons. The van der Waals surface area contributed by atoms with Gasteiger partial charge in [0.25, 0.3) is 0 Å². The Morgan fingerprint density at radius 1 is 1.29 bits per heavy atom. The molecule has 0 spiro atoms. The summed E-state index contributed by atoms with van der Waals surface area (Å²) < 4.78 is 36.4. The van der Waals surface area contributed by atoms with Crippen LogP contribution in [0, 0.1) is 13.8 Å². The van der Waals surface area contributed by atoms with E-state index in [1.165, 1.54) is 12.6 Å². The molecule has 1 aromatic carbocycles. The van der Waals surface area contributed by atoms with Crippen molar-refractivity contribution in [2.45, 2.75) is 20.0 Å². The van der Waals surface area contributed by atoms with Crippen LogP contribution in [0.15, 0.2) is 23.2 Å².